The largest absolute Gasteiger partial charge is 0.380 e. The van der Waals surface area contributed by atoms with Crippen molar-refractivity contribution in [1.29, 1.82) is 5.26 Å². The number of nitrogens with one attached hydrogen (secondary N) is 1. The number of thiophene rings is 1. The molecule has 3 heterocycles. The first-order valence-electron chi connectivity index (χ1n) is 9.16. The van der Waals surface area contributed by atoms with Crippen molar-refractivity contribution in [2.45, 2.75) is 25.8 Å². The van der Waals surface area contributed by atoms with E-state index in [1.165, 1.54) is 17.8 Å². The summed E-state index contributed by atoms with van der Waals surface area (Å²) >= 11 is 1.42. The Kier molecular flexibility index (Phi) is 4.82. The van der Waals surface area contributed by atoms with Gasteiger partial charge in [-0.15, -0.1) is 11.3 Å². The molecule has 138 valence electrons. The summed E-state index contributed by atoms with van der Waals surface area (Å²) in [6.45, 7) is 2.16. The first-order valence-corrected chi connectivity index (χ1v) is 9.98. The standard InChI is InChI=1S/C20H21N5OS/c1-22-17-11-16-18(27-17)19(26)25(13-15-8-4-3-7-14(15)12-21)20(23-16)24-9-5-2-6-10-24/h3-4,7-8,11,22H,2,5-6,9-10,13H2,1H3. The van der Waals surface area contributed by atoms with Crippen LogP contribution in [0.2, 0.25) is 0 Å². The lowest BCUT2D eigenvalue weighted by atomic mass is 10.1. The van der Waals surface area contributed by atoms with Crippen LogP contribution in [0.1, 0.15) is 30.4 Å². The van der Waals surface area contributed by atoms with Crippen molar-refractivity contribution in [3.8, 4) is 6.07 Å². The Labute approximate surface area is 161 Å². The van der Waals surface area contributed by atoms with Gasteiger partial charge in [0.25, 0.3) is 5.56 Å². The van der Waals surface area contributed by atoms with Gasteiger partial charge in [0.1, 0.15) is 4.70 Å². The number of nitriles is 1. The van der Waals surface area contributed by atoms with Gasteiger partial charge in [-0.05, 0) is 37.0 Å². The number of nitrogens with zero attached hydrogens (tertiary/aromatic N) is 4. The van der Waals surface area contributed by atoms with Gasteiger partial charge in [0, 0.05) is 20.1 Å². The van der Waals surface area contributed by atoms with Crippen molar-refractivity contribution in [1.82, 2.24) is 9.55 Å². The van der Waals surface area contributed by atoms with E-state index in [2.05, 4.69) is 16.3 Å². The monoisotopic (exact) mass is 379 g/mol. The van der Waals surface area contributed by atoms with Gasteiger partial charge in [0.05, 0.1) is 28.7 Å². The van der Waals surface area contributed by atoms with Crippen LogP contribution in [0.3, 0.4) is 0 Å². The number of aromatic nitrogens is 2. The molecule has 3 aromatic rings. The maximum Gasteiger partial charge on any atom is 0.273 e. The highest BCUT2D eigenvalue weighted by Crippen LogP contribution is 2.28. The molecule has 1 saturated heterocycles. The predicted octanol–water partition coefficient (Wildman–Crippen LogP) is 3.41. The second-order valence-electron chi connectivity index (χ2n) is 6.69. The van der Waals surface area contributed by atoms with Gasteiger partial charge in [-0.25, -0.2) is 4.98 Å². The number of piperidine rings is 1. The summed E-state index contributed by atoms with van der Waals surface area (Å²) in [5, 5.41) is 13.5. The summed E-state index contributed by atoms with van der Waals surface area (Å²) < 4.78 is 2.38. The van der Waals surface area contributed by atoms with Crippen LogP contribution in [0.25, 0.3) is 10.2 Å². The van der Waals surface area contributed by atoms with Crippen molar-refractivity contribution in [3.05, 3.63) is 51.8 Å². The quantitative estimate of drug-likeness (QED) is 0.752. The van der Waals surface area contributed by atoms with Gasteiger partial charge in [-0.3, -0.25) is 9.36 Å². The van der Waals surface area contributed by atoms with Crippen LogP contribution in [0.15, 0.2) is 35.1 Å². The minimum Gasteiger partial charge on any atom is -0.380 e. The van der Waals surface area contributed by atoms with Crippen LogP contribution in [0.4, 0.5) is 10.9 Å². The lowest BCUT2D eigenvalue weighted by Gasteiger charge is -2.29. The molecule has 0 atom stereocenters. The van der Waals surface area contributed by atoms with Gasteiger partial charge in [-0.1, -0.05) is 18.2 Å². The van der Waals surface area contributed by atoms with Crippen LogP contribution in [0.5, 0.6) is 0 Å². The predicted molar refractivity (Wildman–Crippen MR) is 110 cm³/mol. The average Bonchev–Trinajstić information content (AvgIpc) is 3.14. The maximum absolute atomic E-state index is 13.3. The smallest absolute Gasteiger partial charge is 0.273 e. The van der Waals surface area contributed by atoms with Crippen LogP contribution >= 0.6 is 11.3 Å². The molecule has 4 rings (SSSR count). The average molecular weight is 379 g/mol. The third-order valence-corrected chi connectivity index (χ3v) is 6.10. The number of rotatable bonds is 4. The molecule has 7 heteroatoms. The van der Waals surface area contributed by atoms with Crippen molar-refractivity contribution >= 4 is 32.5 Å². The highest BCUT2D eigenvalue weighted by Gasteiger charge is 2.21. The molecule has 1 aliphatic rings. The zero-order chi connectivity index (χ0) is 18.8. The molecular weight excluding hydrogens is 358 g/mol. The van der Waals surface area contributed by atoms with E-state index in [-0.39, 0.29) is 5.56 Å². The van der Waals surface area contributed by atoms with E-state index < -0.39 is 0 Å². The van der Waals surface area contributed by atoms with Crippen molar-refractivity contribution in [2.75, 3.05) is 30.4 Å². The van der Waals surface area contributed by atoms with E-state index in [4.69, 9.17) is 4.98 Å². The van der Waals surface area contributed by atoms with Crippen molar-refractivity contribution in [2.24, 2.45) is 0 Å². The fourth-order valence-corrected chi connectivity index (χ4v) is 4.44. The first kappa shape index (κ1) is 17.6. The summed E-state index contributed by atoms with van der Waals surface area (Å²) in [4.78, 5) is 20.4. The molecule has 0 bridgehead atoms. The van der Waals surface area contributed by atoms with E-state index in [0.29, 0.717) is 22.8 Å². The van der Waals surface area contributed by atoms with Gasteiger partial charge in [0.15, 0.2) is 0 Å². The molecule has 1 N–H and O–H groups in total. The summed E-state index contributed by atoms with van der Waals surface area (Å²) in [7, 11) is 1.85. The van der Waals surface area contributed by atoms with Gasteiger partial charge in [0.2, 0.25) is 5.95 Å². The SMILES string of the molecule is CNc1cc2nc(N3CCCCC3)n(Cc3ccccc3C#N)c(=O)c2s1. The number of benzene rings is 1. The van der Waals surface area contributed by atoms with E-state index in [9.17, 15) is 10.1 Å². The second kappa shape index (κ2) is 7.41. The molecule has 6 nitrogen and oxygen atoms in total. The molecule has 1 aliphatic heterocycles. The summed E-state index contributed by atoms with van der Waals surface area (Å²) in [6, 6.07) is 11.6. The summed E-state index contributed by atoms with van der Waals surface area (Å²) in [5.74, 6) is 0.709. The van der Waals surface area contributed by atoms with E-state index in [0.717, 1.165) is 42.0 Å². The van der Waals surface area contributed by atoms with Gasteiger partial charge < -0.3 is 10.2 Å². The van der Waals surface area contributed by atoms with Crippen molar-refractivity contribution in [3.63, 3.8) is 0 Å². The molecule has 1 aromatic carbocycles. The molecule has 0 saturated carbocycles. The number of hydrogen-bond acceptors (Lipinski definition) is 6. The molecule has 27 heavy (non-hydrogen) atoms. The van der Waals surface area contributed by atoms with Gasteiger partial charge >= 0.3 is 0 Å². The zero-order valence-electron chi connectivity index (χ0n) is 15.2. The molecular formula is C20H21N5OS. The second-order valence-corrected chi connectivity index (χ2v) is 7.75. The van der Waals surface area contributed by atoms with Gasteiger partial charge in [-0.2, -0.15) is 5.26 Å². The van der Waals surface area contributed by atoms with E-state index >= 15 is 0 Å². The third kappa shape index (κ3) is 3.28. The Balaban J connectivity index is 1.89. The molecule has 2 aromatic heterocycles. The van der Waals surface area contributed by atoms with Crippen LogP contribution < -0.4 is 15.8 Å². The number of fused-ring (bicyclic) bond motifs is 1. The summed E-state index contributed by atoms with van der Waals surface area (Å²) in [5.41, 5.74) is 2.13. The molecule has 0 spiro atoms. The fourth-order valence-electron chi connectivity index (χ4n) is 3.54. The number of anilines is 2. The molecule has 0 aliphatic carbocycles. The van der Waals surface area contributed by atoms with Crippen molar-refractivity contribution < 1.29 is 0 Å². The Morgan fingerprint density at radius 1 is 1.26 bits per heavy atom. The fraction of sp³-hybridized carbons (Fsp3) is 0.350. The summed E-state index contributed by atoms with van der Waals surface area (Å²) in [6.07, 6.45) is 3.42. The Hall–Kier alpha value is -2.85. The molecule has 0 radical (unpaired) electrons. The lowest BCUT2D eigenvalue weighted by molar-refractivity contribution is 0.553. The van der Waals surface area contributed by atoms with Crippen LogP contribution in [-0.4, -0.2) is 29.7 Å². The normalized spacial score (nSPS) is 14.3. The topological polar surface area (TPSA) is 74.0 Å². The minimum atomic E-state index is -0.0418. The Morgan fingerprint density at radius 3 is 2.78 bits per heavy atom. The third-order valence-electron chi connectivity index (χ3n) is 4.97. The highest BCUT2D eigenvalue weighted by molar-refractivity contribution is 7.22. The minimum absolute atomic E-state index is 0.0418. The zero-order valence-corrected chi connectivity index (χ0v) is 16.1. The van der Waals surface area contributed by atoms with Crippen LogP contribution in [0, 0.1) is 11.3 Å². The maximum atomic E-state index is 13.3. The first-order chi connectivity index (χ1) is 13.2. The van der Waals surface area contributed by atoms with E-state index in [1.807, 2.05) is 31.3 Å². The molecule has 0 unspecified atom stereocenters. The number of hydrogen-bond donors (Lipinski definition) is 1. The highest BCUT2D eigenvalue weighted by atomic mass is 32.1. The lowest BCUT2D eigenvalue weighted by Crippen LogP contribution is -2.36. The van der Waals surface area contributed by atoms with Crippen LogP contribution in [-0.2, 0) is 6.54 Å². The Bertz CT molecular complexity index is 1070. The molecule has 0 amide bonds. The molecule has 1 fully saturated rings. The Morgan fingerprint density at radius 2 is 2.04 bits per heavy atom. The van der Waals surface area contributed by atoms with E-state index in [1.54, 1.807) is 10.6 Å².